The topological polar surface area (TPSA) is 116 Å². The lowest BCUT2D eigenvalue weighted by Crippen LogP contribution is -2.46. The van der Waals surface area contributed by atoms with Gasteiger partial charge < -0.3 is 29.4 Å². The van der Waals surface area contributed by atoms with Crippen LogP contribution in [0.2, 0.25) is 0 Å². The standard InChI is InChI=1S/C24H35F3N2O7/c1-14(2)6-7-16-12-34-13-17(29-22(31)19-20(30)18(33-4)8-10-28-19)23(32)36-15(3)21(16)35-11-5-9-24(25,26)27/h8,10,14-17,21,30H,5-7,9,11-13H2,1-4H3,(H,29,31). The number of rotatable bonds is 10. The van der Waals surface area contributed by atoms with Gasteiger partial charge in [0.05, 0.1) is 26.4 Å². The highest BCUT2D eigenvalue weighted by molar-refractivity contribution is 5.98. The Kier molecular flexibility index (Phi) is 11.2. The summed E-state index contributed by atoms with van der Waals surface area (Å²) >= 11 is 0. The highest BCUT2D eigenvalue weighted by atomic mass is 19.4. The summed E-state index contributed by atoms with van der Waals surface area (Å²) in [4.78, 5) is 29.4. The first-order chi connectivity index (χ1) is 16.9. The number of alkyl halides is 3. The zero-order chi connectivity index (χ0) is 26.9. The molecule has 0 saturated carbocycles. The van der Waals surface area contributed by atoms with E-state index in [0.29, 0.717) is 12.3 Å². The van der Waals surface area contributed by atoms with Crippen LogP contribution in [-0.4, -0.2) is 73.3 Å². The predicted molar refractivity (Wildman–Crippen MR) is 123 cm³/mol. The Morgan fingerprint density at radius 2 is 2.06 bits per heavy atom. The Labute approximate surface area is 208 Å². The molecule has 0 spiro atoms. The number of esters is 1. The van der Waals surface area contributed by atoms with Crippen molar-refractivity contribution in [2.24, 2.45) is 11.8 Å². The van der Waals surface area contributed by atoms with Gasteiger partial charge in [0, 0.05) is 31.2 Å². The summed E-state index contributed by atoms with van der Waals surface area (Å²) in [5.41, 5.74) is -0.337. The van der Waals surface area contributed by atoms with Gasteiger partial charge in [0.25, 0.3) is 5.91 Å². The number of hydrogen-bond donors (Lipinski definition) is 2. The van der Waals surface area contributed by atoms with Crippen LogP contribution < -0.4 is 10.1 Å². The Morgan fingerprint density at radius 1 is 1.33 bits per heavy atom. The average Bonchev–Trinajstić information content (AvgIpc) is 2.84. The molecule has 1 saturated heterocycles. The first-order valence-corrected chi connectivity index (χ1v) is 11.9. The third-order valence-electron chi connectivity index (χ3n) is 5.79. The van der Waals surface area contributed by atoms with Gasteiger partial charge in [0.1, 0.15) is 6.10 Å². The predicted octanol–water partition coefficient (Wildman–Crippen LogP) is 3.64. The second kappa shape index (κ2) is 13.6. The number of hydrogen-bond acceptors (Lipinski definition) is 8. The molecular weight excluding hydrogens is 485 g/mol. The Balaban J connectivity index is 2.13. The van der Waals surface area contributed by atoms with Crippen LogP contribution in [0.15, 0.2) is 12.3 Å². The normalized spacial score (nSPS) is 23.4. The molecule has 0 aromatic carbocycles. The van der Waals surface area contributed by atoms with Crippen molar-refractivity contribution in [2.45, 2.75) is 70.9 Å². The van der Waals surface area contributed by atoms with Crippen molar-refractivity contribution < 1.29 is 46.8 Å². The number of nitrogens with one attached hydrogen (secondary N) is 1. The van der Waals surface area contributed by atoms with E-state index in [9.17, 15) is 27.9 Å². The van der Waals surface area contributed by atoms with Gasteiger partial charge in [-0.3, -0.25) is 4.79 Å². The van der Waals surface area contributed by atoms with Crippen LogP contribution >= 0.6 is 0 Å². The van der Waals surface area contributed by atoms with Crippen molar-refractivity contribution in [3.05, 3.63) is 18.0 Å². The number of pyridine rings is 1. The number of aromatic hydroxyl groups is 1. The molecule has 4 atom stereocenters. The summed E-state index contributed by atoms with van der Waals surface area (Å²) in [5.74, 6) is -1.94. The highest BCUT2D eigenvalue weighted by Crippen LogP contribution is 2.28. The summed E-state index contributed by atoms with van der Waals surface area (Å²) in [7, 11) is 1.32. The monoisotopic (exact) mass is 520 g/mol. The molecule has 0 radical (unpaired) electrons. The third kappa shape index (κ3) is 9.12. The van der Waals surface area contributed by atoms with E-state index in [1.807, 2.05) is 13.8 Å². The highest BCUT2D eigenvalue weighted by Gasteiger charge is 2.36. The lowest BCUT2D eigenvalue weighted by atomic mass is 9.91. The van der Waals surface area contributed by atoms with E-state index in [-0.39, 0.29) is 43.6 Å². The second-order valence-corrected chi connectivity index (χ2v) is 9.20. The summed E-state index contributed by atoms with van der Waals surface area (Å²) in [6.07, 6.45) is -4.20. The van der Waals surface area contributed by atoms with Crippen LogP contribution in [0.4, 0.5) is 13.2 Å². The average molecular weight is 521 g/mol. The maximum Gasteiger partial charge on any atom is 0.389 e. The fourth-order valence-corrected chi connectivity index (χ4v) is 3.87. The van der Waals surface area contributed by atoms with E-state index in [2.05, 4.69) is 10.3 Å². The summed E-state index contributed by atoms with van der Waals surface area (Å²) in [6, 6.07) is 0.166. The number of methoxy groups -OCH3 is 1. The van der Waals surface area contributed by atoms with E-state index in [1.54, 1.807) is 6.92 Å². The molecule has 9 nitrogen and oxygen atoms in total. The molecule has 1 aromatic rings. The number of cyclic esters (lactones) is 1. The van der Waals surface area contributed by atoms with Gasteiger partial charge in [0.2, 0.25) is 0 Å². The van der Waals surface area contributed by atoms with Gasteiger partial charge in [-0.2, -0.15) is 13.2 Å². The molecule has 4 unspecified atom stereocenters. The molecule has 1 aliphatic heterocycles. The van der Waals surface area contributed by atoms with Gasteiger partial charge >= 0.3 is 12.1 Å². The third-order valence-corrected chi connectivity index (χ3v) is 5.79. The zero-order valence-corrected chi connectivity index (χ0v) is 21.0. The van der Waals surface area contributed by atoms with Crippen molar-refractivity contribution in [1.82, 2.24) is 10.3 Å². The number of amides is 1. The summed E-state index contributed by atoms with van der Waals surface area (Å²) in [6.45, 7) is 5.51. The number of carbonyl (C=O) groups excluding carboxylic acids is 2. The number of nitrogens with zero attached hydrogens (tertiary/aromatic N) is 1. The Morgan fingerprint density at radius 3 is 2.69 bits per heavy atom. The summed E-state index contributed by atoms with van der Waals surface area (Å²) in [5, 5.41) is 12.6. The number of carbonyl (C=O) groups is 2. The van der Waals surface area contributed by atoms with Gasteiger partial charge in [-0.15, -0.1) is 0 Å². The Hall–Kier alpha value is -2.60. The zero-order valence-electron chi connectivity index (χ0n) is 21.0. The molecule has 0 bridgehead atoms. The Bertz CT molecular complexity index is 867. The molecular formula is C24H35F3N2O7. The molecule has 2 rings (SSSR count). The van der Waals surface area contributed by atoms with Crippen molar-refractivity contribution >= 4 is 11.9 Å². The molecule has 12 heteroatoms. The molecule has 2 N–H and O–H groups in total. The van der Waals surface area contributed by atoms with Crippen LogP contribution in [0.25, 0.3) is 0 Å². The molecule has 1 aromatic heterocycles. The van der Waals surface area contributed by atoms with Gasteiger partial charge in [-0.05, 0) is 25.7 Å². The van der Waals surface area contributed by atoms with Gasteiger partial charge in [0.15, 0.2) is 23.2 Å². The molecule has 0 aliphatic carbocycles. The van der Waals surface area contributed by atoms with Crippen LogP contribution in [0, 0.1) is 11.8 Å². The first-order valence-electron chi connectivity index (χ1n) is 11.9. The maximum absolute atomic E-state index is 12.9. The lowest BCUT2D eigenvalue weighted by Gasteiger charge is -2.31. The van der Waals surface area contributed by atoms with E-state index >= 15 is 0 Å². The van der Waals surface area contributed by atoms with E-state index < -0.39 is 48.5 Å². The maximum atomic E-state index is 12.9. The molecule has 1 fully saturated rings. The quantitative estimate of drug-likeness (QED) is 0.355. The smallest absolute Gasteiger partial charge is 0.389 e. The molecule has 1 aliphatic rings. The minimum atomic E-state index is -4.28. The second-order valence-electron chi connectivity index (χ2n) is 9.20. The van der Waals surface area contributed by atoms with Crippen LogP contribution in [0.3, 0.4) is 0 Å². The number of ether oxygens (including phenoxy) is 4. The molecule has 1 amide bonds. The fourth-order valence-electron chi connectivity index (χ4n) is 3.87. The minimum Gasteiger partial charge on any atom is -0.503 e. The molecule has 36 heavy (non-hydrogen) atoms. The lowest BCUT2D eigenvalue weighted by molar-refractivity contribution is -0.162. The van der Waals surface area contributed by atoms with Crippen LogP contribution in [0.1, 0.15) is 56.9 Å². The minimum absolute atomic E-state index is 0.0376. The first kappa shape index (κ1) is 29.6. The van der Waals surface area contributed by atoms with E-state index in [0.717, 1.165) is 6.42 Å². The van der Waals surface area contributed by atoms with Crippen molar-refractivity contribution in [1.29, 1.82) is 0 Å². The number of halogens is 3. The van der Waals surface area contributed by atoms with E-state index in [1.165, 1.54) is 19.4 Å². The molecule has 2 heterocycles. The fraction of sp³-hybridized carbons (Fsp3) is 0.708. The van der Waals surface area contributed by atoms with Crippen molar-refractivity contribution in [3.8, 4) is 11.5 Å². The van der Waals surface area contributed by atoms with Crippen LogP contribution in [0.5, 0.6) is 11.5 Å². The largest absolute Gasteiger partial charge is 0.503 e. The van der Waals surface area contributed by atoms with Gasteiger partial charge in [-0.25, -0.2) is 9.78 Å². The van der Waals surface area contributed by atoms with Gasteiger partial charge in [-0.1, -0.05) is 20.3 Å². The van der Waals surface area contributed by atoms with Crippen molar-refractivity contribution in [3.63, 3.8) is 0 Å². The number of aromatic nitrogens is 1. The summed E-state index contributed by atoms with van der Waals surface area (Å²) < 4.78 is 59.7. The van der Waals surface area contributed by atoms with E-state index in [4.69, 9.17) is 18.9 Å². The SMILES string of the molecule is COc1ccnc(C(=O)NC2COCC(CCC(C)C)C(OCCCC(F)(F)F)C(C)OC2=O)c1O. The molecule has 204 valence electrons. The van der Waals surface area contributed by atoms with Crippen LogP contribution in [-0.2, 0) is 19.0 Å². The van der Waals surface area contributed by atoms with Crippen molar-refractivity contribution in [2.75, 3.05) is 26.9 Å².